The highest BCUT2D eigenvalue weighted by Crippen LogP contribution is 2.24. The molecule has 0 heterocycles. The molecule has 0 aliphatic carbocycles. The molecule has 0 N–H and O–H groups in total. The average Bonchev–Trinajstić information content (AvgIpc) is 2.86. The minimum absolute atomic E-state index is 0.0461. The SMILES string of the molecule is C=CC(=O)OCCN(CCOC(=O)C=C)c1ccc(-c2ccc(C=C(C#N)C#N)cc2)cc1. The number of hydrogen-bond donors (Lipinski definition) is 0. The molecule has 0 aliphatic heterocycles. The summed E-state index contributed by atoms with van der Waals surface area (Å²) in [5.41, 5.74) is 3.63. The first-order valence-electron chi connectivity index (χ1n) is 10.1. The lowest BCUT2D eigenvalue weighted by atomic mass is 10.0. The van der Waals surface area contributed by atoms with Crippen LogP contribution < -0.4 is 4.90 Å². The molecule has 7 heteroatoms. The topological polar surface area (TPSA) is 103 Å². The Morgan fingerprint density at radius 1 is 0.818 bits per heavy atom. The second-order valence-electron chi connectivity index (χ2n) is 6.68. The van der Waals surface area contributed by atoms with Crippen molar-refractivity contribution in [1.29, 1.82) is 10.5 Å². The molecule has 0 radical (unpaired) electrons. The minimum atomic E-state index is -0.502. The molecule has 2 aromatic rings. The van der Waals surface area contributed by atoms with Crippen molar-refractivity contribution in [3.8, 4) is 23.3 Å². The molecule has 0 saturated heterocycles. The quantitative estimate of drug-likeness (QED) is 0.294. The van der Waals surface area contributed by atoms with Gasteiger partial charge in [-0.25, -0.2) is 9.59 Å². The van der Waals surface area contributed by atoms with Crippen LogP contribution in [0.5, 0.6) is 0 Å². The third-order valence-corrected chi connectivity index (χ3v) is 4.57. The van der Waals surface area contributed by atoms with Gasteiger partial charge in [0, 0.05) is 17.8 Å². The highest BCUT2D eigenvalue weighted by Gasteiger charge is 2.10. The predicted molar refractivity (Wildman–Crippen MR) is 126 cm³/mol. The van der Waals surface area contributed by atoms with E-state index >= 15 is 0 Å². The molecular formula is C26H23N3O4. The summed E-state index contributed by atoms with van der Waals surface area (Å²) in [6.07, 6.45) is 3.74. The lowest BCUT2D eigenvalue weighted by Crippen LogP contribution is -2.31. The van der Waals surface area contributed by atoms with E-state index < -0.39 is 11.9 Å². The fourth-order valence-corrected chi connectivity index (χ4v) is 2.89. The average molecular weight is 441 g/mol. The fraction of sp³-hybridized carbons (Fsp3) is 0.154. The molecule has 2 rings (SSSR count). The van der Waals surface area contributed by atoms with Crippen LogP contribution in [0.2, 0.25) is 0 Å². The largest absolute Gasteiger partial charge is 0.461 e. The van der Waals surface area contributed by atoms with Gasteiger partial charge in [-0.15, -0.1) is 0 Å². The number of ether oxygens (including phenoxy) is 2. The summed E-state index contributed by atoms with van der Waals surface area (Å²) in [4.78, 5) is 24.6. The first-order chi connectivity index (χ1) is 16.0. The van der Waals surface area contributed by atoms with Crippen LogP contribution in [-0.2, 0) is 19.1 Å². The second kappa shape index (κ2) is 12.9. The van der Waals surface area contributed by atoms with Gasteiger partial charge in [-0.2, -0.15) is 10.5 Å². The molecule has 0 atom stereocenters. The summed E-state index contributed by atoms with van der Waals surface area (Å²) in [7, 11) is 0. The molecule has 0 unspecified atom stereocenters. The summed E-state index contributed by atoms with van der Waals surface area (Å²) in [6, 6.07) is 18.9. The molecule has 166 valence electrons. The van der Waals surface area contributed by atoms with E-state index in [-0.39, 0.29) is 18.8 Å². The first kappa shape index (κ1) is 24.6. The highest BCUT2D eigenvalue weighted by molar-refractivity contribution is 5.81. The number of benzene rings is 2. The van der Waals surface area contributed by atoms with Crippen molar-refractivity contribution in [1.82, 2.24) is 0 Å². The van der Waals surface area contributed by atoms with Crippen LogP contribution in [0.25, 0.3) is 17.2 Å². The van der Waals surface area contributed by atoms with E-state index in [4.69, 9.17) is 20.0 Å². The smallest absolute Gasteiger partial charge is 0.330 e. The molecule has 0 saturated carbocycles. The third kappa shape index (κ3) is 7.86. The molecule has 7 nitrogen and oxygen atoms in total. The van der Waals surface area contributed by atoms with Crippen molar-refractivity contribution in [2.45, 2.75) is 0 Å². The number of nitriles is 2. The Morgan fingerprint density at radius 2 is 1.27 bits per heavy atom. The summed E-state index contributed by atoms with van der Waals surface area (Å²) < 4.78 is 10.1. The van der Waals surface area contributed by atoms with E-state index in [1.54, 1.807) is 0 Å². The van der Waals surface area contributed by atoms with Gasteiger partial charge in [-0.05, 0) is 34.9 Å². The van der Waals surface area contributed by atoms with Crippen molar-refractivity contribution in [2.24, 2.45) is 0 Å². The number of hydrogen-bond acceptors (Lipinski definition) is 7. The maximum Gasteiger partial charge on any atom is 0.330 e. The molecule has 0 fully saturated rings. The van der Waals surface area contributed by atoms with Gasteiger partial charge in [0.1, 0.15) is 30.9 Å². The normalized spacial score (nSPS) is 9.52. The van der Waals surface area contributed by atoms with Gasteiger partial charge in [-0.1, -0.05) is 49.6 Å². The van der Waals surface area contributed by atoms with Crippen molar-refractivity contribution in [2.75, 3.05) is 31.2 Å². The van der Waals surface area contributed by atoms with E-state index in [0.29, 0.717) is 13.1 Å². The van der Waals surface area contributed by atoms with Gasteiger partial charge in [0.2, 0.25) is 0 Å². The van der Waals surface area contributed by atoms with Crippen LogP contribution >= 0.6 is 0 Å². The number of carbonyl (C=O) groups is 2. The molecule has 0 aromatic heterocycles. The molecule has 2 aromatic carbocycles. The summed E-state index contributed by atoms with van der Waals surface area (Å²) in [5, 5.41) is 17.8. The van der Waals surface area contributed by atoms with E-state index in [0.717, 1.165) is 34.5 Å². The van der Waals surface area contributed by atoms with E-state index in [1.165, 1.54) is 6.08 Å². The zero-order valence-corrected chi connectivity index (χ0v) is 18.1. The Labute approximate surface area is 193 Å². The number of carbonyl (C=O) groups excluding carboxylic acids is 2. The van der Waals surface area contributed by atoms with Crippen molar-refractivity contribution in [3.63, 3.8) is 0 Å². The molecule has 0 bridgehead atoms. The second-order valence-corrected chi connectivity index (χ2v) is 6.68. The third-order valence-electron chi connectivity index (χ3n) is 4.57. The zero-order chi connectivity index (χ0) is 24.1. The lowest BCUT2D eigenvalue weighted by molar-refractivity contribution is -0.137. The Hall–Kier alpha value is -4.62. The van der Waals surface area contributed by atoms with Gasteiger partial charge < -0.3 is 14.4 Å². The standard InChI is InChI=1S/C26H23N3O4/c1-3-25(30)32-15-13-29(14-16-33-26(31)4-2)24-11-9-23(10-12-24)22-7-5-20(6-8-22)17-21(18-27)19-28/h3-12,17H,1-2,13-16H2. The molecular weight excluding hydrogens is 418 g/mol. The molecule has 0 amide bonds. The van der Waals surface area contributed by atoms with Crippen LogP contribution in [0.3, 0.4) is 0 Å². The van der Waals surface area contributed by atoms with E-state index in [2.05, 4.69) is 13.2 Å². The Balaban J connectivity index is 2.13. The van der Waals surface area contributed by atoms with Crippen LogP contribution in [0.15, 0.2) is 79.4 Å². The van der Waals surface area contributed by atoms with E-state index in [9.17, 15) is 9.59 Å². The van der Waals surface area contributed by atoms with Gasteiger partial charge in [0.05, 0.1) is 13.1 Å². The van der Waals surface area contributed by atoms with Crippen molar-refractivity contribution in [3.05, 3.63) is 85.0 Å². The Morgan fingerprint density at radius 3 is 1.70 bits per heavy atom. The van der Waals surface area contributed by atoms with E-state index in [1.807, 2.05) is 65.6 Å². The number of anilines is 1. The maximum atomic E-state index is 11.3. The van der Waals surface area contributed by atoms with Crippen LogP contribution in [0.4, 0.5) is 5.69 Å². The summed E-state index contributed by atoms with van der Waals surface area (Å²) in [6.45, 7) is 7.88. The highest BCUT2D eigenvalue weighted by atomic mass is 16.5. The molecule has 0 spiro atoms. The summed E-state index contributed by atoms with van der Waals surface area (Å²) >= 11 is 0. The fourth-order valence-electron chi connectivity index (χ4n) is 2.89. The Kier molecular flexibility index (Phi) is 9.66. The number of rotatable bonds is 11. The Bertz CT molecular complexity index is 1060. The van der Waals surface area contributed by atoms with Gasteiger partial charge in [0.15, 0.2) is 0 Å². The van der Waals surface area contributed by atoms with Gasteiger partial charge in [0.25, 0.3) is 0 Å². The summed E-state index contributed by atoms with van der Waals surface area (Å²) in [5.74, 6) is -1.00. The van der Waals surface area contributed by atoms with Crippen molar-refractivity contribution >= 4 is 23.7 Å². The molecule has 0 aliphatic rings. The van der Waals surface area contributed by atoms with Crippen LogP contribution in [-0.4, -0.2) is 38.2 Å². The predicted octanol–water partition coefficient (Wildman–Crippen LogP) is 4.05. The van der Waals surface area contributed by atoms with Crippen molar-refractivity contribution < 1.29 is 19.1 Å². The first-order valence-corrected chi connectivity index (χ1v) is 10.1. The lowest BCUT2D eigenvalue weighted by Gasteiger charge is -2.24. The number of esters is 2. The number of allylic oxidation sites excluding steroid dienone is 1. The maximum absolute atomic E-state index is 11.3. The monoisotopic (exact) mass is 441 g/mol. The molecule has 33 heavy (non-hydrogen) atoms. The van der Waals surface area contributed by atoms with Gasteiger partial charge in [-0.3, -0.25) is 0 Å². The minimum Gasteiger partial charge on any atom is -0.461 e. The van der Waals surface area contributed by atoms with Crippen LogP contribution in [0.1, 0.15) is 5.56 Å². The number of nitrogens with zero attached hydrogens (tertiary/aromatic N) is 3. The van der Waals surface area contributed by atoms with Gasteiger partial charge >= 0.3 is 11.9 Å². The van der Waals surface area contributed by atoms with Crippen LogP contribution in [0, 0.1) is 22.7 Å². The zero-order valence-electron chi connectivity index (χ0n) is 18.1.